The maximum Gasteiger partial charge on any atom is 0.136 e. The Kier molecular flexibility index (Phi) is 7.48. The van der Waals surface area contributed by atoms with Crippen LogP contribution in [-0.4, -0.2) is 0 Å². The predicted octanol–water partition coefficient (Wildman–Crippen LogP) is 15.0. The quantitative estimate of drug-likeness (QED) is 0.185. The summed E-state index contributed by atoms with van der Waals surface area (Å²) < 4.78 is 18.6. The maximum absolute atomic E-state index is 6.31. The standard InChI is InChI=1S/C37H22O3.C14H14/c1-21-9-12-33-27(15-21)30-19-37-31(20-36(30)39-33)29-18-25(11-14-35(29)40-37)23-6-4-5-22(16-23)24-10-13-34-28(17-24)26-7-2-3-8-32(26)38-34;1-11-7-3-5-9-13(11)14-10-6-4-8-12(14)2/h2-20H,1H3;3-10H,1-2H3. The van der Waals surface area contributed by atoms with Crippen molar-refractivity contribution in [3.63, 3.8) is 0 Å². The van der Waals surface area contributed by atoms with E-state index in [9.17, 15) is 0 Å². The smallest absolute Gasteiger partial charge is 0.136 e. The average molecular weight is 697 g/mol. The van der Waals surface area contributed by atoms with Crippen LogP contribution >= 0.6 is 0 Å². The molecule has 0 aliphatic rings. The zero-order chi connectivity index (χ0) is 36.3. The number of benzene rings is 8. The van der Waals surface area contributed by atoms with Gasteiger partial charge in [0.05, 0.1) is 0 Å². The summed E-state index contributed by atoms with van der Waals surface area (Å²) in [5.74, 6) is 0. The zero-order valence-electron chi connectivity index (χ0n) is 30.3. The van der Waals surface area contributed by atoms with E-state index >= 15 is 0 Å². The van der Waals surface area contributed by atoms with Gasteiger partial charge < -0.3 is 13.3 Å². The van der Waals surface area contributed by atoms with Gasteiger partial charge in [0, 0.05) is 32.3 Å². The van der Waals surface area contributed by atoms with Crippen molar-refractivity contribution in [2.75, 3.05) is 0 Å². The zero-order valence-corrected chi connectivity index (χ0v) is 30.3. The van der Waals surface area contributed by atoms with Gasteiger partial charge in [-0.25, -0.2) is 0 Å². The maximum atomic E-state index is 6.31. The summed E-state index contributed by atoms with van der Waals surface area (Å²) >= 11 is 0. The molecule has 0 saturated heterocycles. The molecule has 3 heterocycles. The van der Waals surface area contributed by atoms with Gasteiger partial charge in [0.25, 0.3) is 0 Å². The third-order valence-electron chi connectivity index (χ3n) is 10.7. The molecule has 3 heteroatoms. The van der Waals surface area contributed by atoms with E-state index in [1.54, 1.807) is 0 Å². The third-order valence-corrected chi connectivity index (χ3v) is 10.7. The highest BCUT2D eigenvalue weighted by molar-refractivity contribution is 6.15. The molecule has 54 heavy (non-hydrogen) atoms. The predicted molar refractivity (Wildman–Crippen MR) is 225 cm³/mol. The largest absolute Gasteiger partial charge is 0.456 e. The fraction of sp³-hybridized carbons (Fsp3) is 0.0588. The summed E-state index contributed by atoms with van der Waals surface area (Å²) in [5, 5.41) is 6.63. The molecule has 3 nitrogen and oxygen atoms in total. The van der Waals surface area contributed by atoms with Crippen LogP contribution in [0.3, 0.4) is 0 Å². The van der Waals surface area contributed by atoms with Crippen LogP contribution in [-0.2, 0) is 0 Å². The normalized spacial score (nSPS) is 11.6. The van der Waals surface area contributed by atoms with E-state index in [1.807, 2.05) is 18.2 Å². The Morgan fingerprint density at radius 1 is 0.278 bits per heavy atom. The van der Waals surface area contributed by atoms with E-state index in [0.29, 0.717) is 0 Å². The summed E-state index contributed by atoms with van der Waals surface area (Å²) in [6.45, 7) is 6.41. The summed E-state index contributed by atoms with van der Waals surface area (Å²) in [4.78, 5) is 0. The van der Waals surface area contributed by atoms with Crippen molar-refractivity contribution in [2.24, 2.45) is 0 Å². The van der Waals surface area contributed by atoms with Gasteiger partial charge in [-0.3, -0.25) is 0 Å². The third kappa shape index (κ3) is 5.45. The fourth-order valence-electron chi connectivity index (χ4n) is 7.87. The summed E-state index contributed by atoms with van der Waals surface area (Å²) in [6, 6.07) is 57.3. The van der Waals surface area contributed by atoms with Crippen LogP contribution < -0.4 is 0 Å². The second-order valence-corrected chi connectivity index (χ2v) is 14.3. The summed E-state index contributed by atoms with van der Waals surface area (Å²) in [5.41, 5.74) is 16.6. The molecule has 11 rings (SSSR count). The van der Waals surface area contributed by atoms with Gasteiger partial charge in [-0.1, -0.05) is 109 Å². The topological polar surface area (TPSA) is 39.4 Å². The highest BCUT2D eigenvalue weighted by Gasteiger charge is 2.15. The van der Waals surface area contributed by atoms with E-state index in [-0.39, 0.29) is 0 Å². The number of aryl methyl sites for hydroxylation is 3. The number of furan rings is 3. The summed E-state index contributed by atoms with van der Waals surface area (Å²) in [6.07, 6.45) is 0. The number of hydrogen-bond donors (Lipinski definition) is 0. The number of fused-ring (bicyclic) bond motifs is 9. The SMILES string of the molecule is Cc1ccc2oc3cc4c(cc3c2c1)oc1ccc(-c2cccc(-c3ccc5oc6ccccc6c5c3)c2)cc14.Cc1ccccc1-c1ccccc1C. The monoisotopic (exact) mass is 696 g/mol. The fourth-order valence-corrected chi connectivity index (χ4v) is 7.87. The highest BCUT2D eigenvalue weighted by Crippen LogP contribution is 2.39. The Labute approximate surface area is 312 Å². The number of para-hydroxylation sites is 1. The number of rotatable bonds is 3. The number of hydrogen-bond acceptors (Lipinski definition) is 3. The molecule has 0 aliphatic carbocycles. The van der Waals surface area contributed by atoms with Crippen molar-refractivity contribution in [2.45, 2.75) is 20.8 Å². The molecule has 3 aromatic heterocycles. The van der Waals surface area contributed by atoms with E-state index in [0.717, 1.165) is 76.9 Å². The average Bonchev–Trinajstić information content (AvgIpc) is 3.88. The van der Waals surface area contributed by atoms with Gasteiger partial charge in [-0.2, -0.15) is 0 Å². The Hall–Kier alpha value is -6.84. The first-order valence-electron chi connectivity index (χ1n) is 18.4. The van der Waals surface area contributed by atoms with Crippen LogP contribution in [0.25, 0.3) is 99.2 Å². The minimum Gasteiger partial charge on any atom is -0.456 e. The first kappa shape index (κ1) is 31.9. The van der Waals surface area contributed by atoms with Gasteiger partial charge in [-0.05, 0) is 126 Å². The van der Waals surface area contributed by atoms with Crippen LogP contribution in [0, 0.1) is 20.8 Å². The van der Waals surface area contributed by atoms with Crippen molar-refractivity contribution in [3.05, 3.63) is 180 Å². The first-order chi connectivity index (χ1) is 26.5. The molecular weight excluding hydrogens is 661 g/mol. The van der Waals surface area contributed by atoms with Crippen molar-refractivity contribution < 1.29 is 13.3 Å². The van der Waals surface area contributed by atoms with E-state index < -0.39 is 0 Å². The molecule has 0 aliphatic heterocycles. The van der Waals surface area contributed by atoms with Gasteiger partial charge in [0.2, 0.25) is 0 Å². The molecule has 0 atom stereocenters. The molecule has 0 N–H and O–H groups in total. The molecular formula is C51H36O3. The Morgan fingerprint density at radius 3 is 1.30 bits per heavy atom. The molecule has 0 unspecified atom stereocenters. The van der Waals surface area contributed by atoms with Gasteiger partial charge in [0.1, 0.15) is 33.5 Å². The minimum atomic E-state index is 0.873. The molecule has 0 fully saturated rings. The first-order valence-corrected chi connectivity index (χ1v) is 18.4. The van der Waals surface area contributed by atoms with Crippen LogP contribution in [0.5, 0.6) is 0 Å². The molecule has 0 bridgehead atoms. The Balaban J connectivity index is 0.000000218. The molecule has 0 saturated carbocycles. The lowest BCUT2D eigenvalue weighted by Gasteiger charge is -2.08. The summed E-state index contributed by atoms with van der Waals surface area (Å²) in [7, 11) is 0. The molecule has 258 valence electrons. The van der Waals surface area contributed by atoms with E-state index in [2.05, 4.69) is 166 Å². The van der Waals surface area contributed by atoms with E-state index in [4.69, 9.17) is 13.3 Å². The Bertz CT molecular complexity index is 3160. The lowest BCUT2D eigenvalue weighted by Crippen LogP contribution is -1.85. The molecule has 11 aromatic rings. The van der Waals surface area contributed by atoms with Crippen LogP contribution in [0.2, 0.25) is 0 Å². The van der Waals surface area contributed by atoms with E-state index in [1.165, 1.54) is 38.9 Å². The van der Waals surface area contributed by atoms with Crippen LogP contribution in [0.15, 0.2) is 177 Å². The molecule has 0 spiro atoms. The lowest BCUT2D eigenvalue weighted by molar-refractivity contribution is 0.664. The second kappa shape index (κ2) is 12.7. The Morgan fingerprint density at radius 2 is 0.704 bits per heavy atom. The molecule has 0 radical (unpaired) electrons. The van der Waals surface area contributed by atoms with Crippen molar-refractivity contribution >= 4 is 65.8 Å². The molecule has 8 aromatic carbocycles. The van der Waals surface area contributed by atoms with Gasteiger partial charge in [0.15, 0.2) is 0 Å². The van der Waals surface area contributed by atoms with Crippen molar-refractivity contribution in [3.8, 4) is 33.4 Å². The van der Waals surface area contributed by atoms with Crippen molar-refractivity contribution in [1.82, 2.24) is 0 Å². The van der Waals surface area contributed by atoms with Gasteiger partial charge >= 0.3 is 0 Å². The van der Waals surface area contributed by atoms with Gasteiger partial charge in [-0.15, -0.1) is 0 Å². The second-order valence-electron chi connectivity index (χ2n) is 14.3. The highest BCUT2D eigenvalue weighted by atomic mass is 16.3. The van der Waals surface area contributed by atoms with Crippen LogP contribution in [0.4, 0.5) is 0 Å². The minimum absolute atomic E-state index is 0.873. The van der Waals surface area contributed by atoms with Crippen LogP contribution in [0.1, 0.15) is 16.7 Å². The van der Waals surface area contributed by atoms with Crippen molar-refractivity contribution in [1.29, 1.82) is 0 Å². The molecule has 0 amide bonds. The lowest BCUT2D eigenvalue weighted by atomic mass is 9.97.